The van der Waals surface area contributed by atoms with E-state index in [9.17, 15) is 4.79 Å². The van der Waals surface area contributed by atoms with Crippen molar-refractivity contribution < 1.29 is 4.79 Å². The van der Waals surface area contributed by atoms with Crippen LogP contribution >= 0.6 is 11.8 Å². The summed E-state index contributed by atoms with van der Waals surface area (Å²) >= 11 is 1.59. The van der Waals surface area contributed by atoms with Gasteiger partial charge in [-0.2, -0.15) is 0 Å². The van der Waals surface area contributed by atoms with Crippen molar-refractivity contribution in [2.24, 2.45) is 0 Å². The monoisotopic (exact) mass is 355 g/mol. The average molecular weight is 355 g/mol. The number of imidazole rings is 2. The average Bonchev–Trinajstić information content (AvgIpc) is 3.27. The molecule has 0 atom stereocenters. The second-order valence-electron chi connectivity index (χ2n) is 5.61. The van der Waals surface area contributed by atoms with Gasteiger partial charge in [-0.25, -0.2) is 9.97 Å². The number of carbonyl (C=O) groups excluding carboxylic acids is 1. The maximum atomic E-state index is 12.2. The fourth-order valence-corrected chi connectivity index (χ4v) is 3.13. The molecule has 0 saturated heterocycles. The first-order valence-electron chi connectivity index (χ1n) is 8.13. The molecular formula is C18H21N5OS. The van der Waals surface area contributed by atoms with Crippen molar-refractivity contribution in [3.63, 3.8) is 0 Å². The fraction of sp³-hybridized carbons (Fsp3) is 0.278. The first-order chi connectivity index (χ1) is 12.2. The van der Waals surface area contributed by atoms with Gasteiger partial charge in [0.05, 0.1) is 0 Å². The highest BCUT2D eigenvalue weighted by atomic mass is 32.2. The lowest BCUT2D eigenvalue weighted by molar-refractivity contribution is 0.0952. The molecule has 0 aliphatic rings. The molecule has 3 aromatic rings. The SMILES string of the molecule is CSc1nccn1-c1ccc(C(=O)NCCCn2ccnc2C)cc1. The van der Waals surface area contributed by atoms with E-state index >= 15 is 0 Å². The minimum atomic E-state index is -0.0513. The molecule has 0 radical (unpaired) electrons. The van der Waals surface area contributed by atoms with Gasteiger partial charge in [0.15, 0.2) is 5.16 Å². The van der Waals surface area contributed by atoms with Crippen LogP contribution in [-0.4, -0.2) is 37.8 Å². The molecule has 2 heterocycles. The van der Waals surface area contributed by atoms with Crippen LogP contribution in [0, 0.1) is 6.92 Å². The number of nitrogens with one attached hydrogen (secondary N) is 1. The van der Waals surface area contributed by atoms with Gasteiger partial charge in [-0.15, -0.1) is 0 Å². The molecule has 0 aliphatic carbocycles. The van der Waals surface area contributed by atoms with Crippen molar-refractivity contribution in [2.45, 2.75) is 25.0 Å². The summed E-state index contributed by atoms with van der Waals surface area (Å²) in [7, 11) is 0. The summed E-state index contributed by atoms with van der Waals surface area (Å²) < 4.78 is 4.08. The second kappa shape index (κ2) is 8.02. The first-order valence-corrected chi connectivity index (χ1v) is 9.35. The molecule has 0 unspecified atom stereocenters. The van der Waals surface area contributed by atoms with Crippen molar-refractivity contribution in [1.29, 1.82) is 0 Å². The van der Waals surface area contributed by atoms with Crippen LogP contribution in [0.3, 0.4) is 0 Å². The minimum Gasteiger partial charge on any atom is -0.352 e. The van der Waals surface area contributed by atoms with Crippen LogP contribution < -0.4 is 5.32 Å². The van der Waals surface area contributed by atoms with Gasteiger partial charge in [0.2, 0.25) is 0 Å². The number of aryl methyl sites for hydroxylation is 2. The summed E-state index contributed by atoms with van der Waals surface area (Å²) in [5.41, 5.74) is 1.65. The summed E-state index contributed by atoms with van der Waals surface area (Å²) in [6.07, 6.45) is 10.3. The quantitative estimate of drug-likeness (QED) is 0.523. The molecule has 3 rings (SSSR count). The lowest BCUT2D eigenvalue weighted by atomic mass is 10.2. The summed E-state index contributed by atoms with van der Waals surface area (Å²) in [6, 6.07) is 7.56. The standard InChI is InChI=1S/C18H21N5OS/c1-14-19-9-12-22(14)11-3-8-20-17(24)15-4-6-16(7-5-15)23-13-10-21-18(23)25-2/h4-7,9-10,12-13H,3,8,11H2,1-2H3,(H,20,24). The van der Waals surface area contributed by atoms with Gasteiger partial charge in [0, 0.05) is 49.1 Å². The second-order valence-corrected chi connectivity index (χ2v) is 6.38. The van der Waals surface area contributed by atoms with E-state index in [0.29, 0.717) is 12.1 Å². The third-order valence-corrected chi connectivity index (χ3v) is 4.65. The van der Waals surface area contributed by atoms with E-state index in [2.05, 4.69) is 19.9 Å². The highest BCUT2D eigenvalue weighted by molar-refractivity contribution is 7.98. The Balaban J connectivity index is 1.53. The molecule has 0 fully saturated rings. The summed E-state index contributed by atoms with van der Waals surface area (Å²) in [4.78, 5) is 20.7. The van der Waals surface area contributed by atoms with Crippen LogP contribution in [0.15, 0.2) is 54.2 Å². The highest BCUT2D eigenvalue weighted by Gasteiger charge is 2.07. The lowest BCUT2D eigenvalue weighted by Crippen LogP contribution is -2.25. The van der Waals surface area contributed by atoms with E-state index in [1.807, 2.05) is 54.4 Å². The van der Waals surface area contributed by atoms with Crippen molar-refractivity contribution in [3.8, 4) is 5.69 Å². The number of hydrogen-bond donors (Lipinski definition) is 1. The van der Waals surface area contributed by atoms with Gasteiger partial charge in [0.1, 0.15) is 5.82 Å². The van der Waals surface area contributed by atoms with Gasteiger partial charge >= 0.3 is 0 Å². The van der Waals surface area contributed by atoms with E-state index < -0.39 is 0 Å². The normalized spacial score (nSPS) is 10.8. The van der Waals surface area contributed by atoms with Crippen molar-refractivity contribution in [2.75, 3.05) is 12.8 Å². The number of thioether (sulfide) groups is 1. The maximum absolute atomic E-state index is 12.2. The molecule has 7 heteroatoms. The first kappa shape index (κ1) is 17.3. The van der Waals surface area contributed by atoms with Crippen molar-refractivity contribution >= 4 is 17.7 Å². The Morgan fingerprint density at radius 1 is 1.16 bits per heavy atom. The van der Waals surface area contributed by atoms with Gasteiger partial charge in [-0.1, -0.05) is 11.8 Å². The topological polar surface area (TPSA) is 64.7 Å². The largest absolute Gasteiger partial charge is 0.352 e. The van der Waals surface area contributed by atoms with Gasteiger partial charge in [-0.05, 0) is 43.9 Å². The van der Waals surface area contributed by atoms with E-state index in [4.69, 9.17) is 0 Å². The van der Waals surface area contributed by atoms with Crippen LogP contribution in [-0.2, 0) is 6.54 Å². The highest BCUT2D eigenvalue weighted by Crippen LogP contribution is 2.18. The Hall–Kier alpha value is -2.54. The number of nitrogens with zero attached hydrogens (tertiary/aromatic N) is 4. The van der Waals surface area contributed by atoms with E-state index in [0.717, 1.165) is 29.6 Å². The summed E-state index contributed by atoms with van der Waals surface area (Å²) in [6.45, 7) is 3.46. The Kier molecular flexibility index (Phi) is 5.55. The molecule has 0 spiro atoms. The van der Waals surface area contributed by atoms with Gasteiger partial charge in [-0.3, -0.25) is 9.36 Å². The third kappa shape index (κ3) is 4.11. The zero-order valence-electron chi connectivity index (χ0n) is 14.3. The molecule has 0 saturated carbocycles. The molecule has 1 aromatic carbocycles. The van der Waals surface area contributed by atoms with Crippen LogP contribution in [0.4, 0.5) is 0 Å². The number of benzene rings is 1. The third-order valence-electron chi connectivity index (χ3n) is 3.98. The van der Waals surface area contributed by atoms with E-state index in [1.54, 1.807) is 24.2 Å². The zero-order valence-corrected chi connectivity index (χ0v) is 15.2. The molecular weight excluding hydrogens is 334 g/mol. The van der Waals surface area contributed by atoms with E-state index in [-0.39, 0.29) is 5.91 Å². The van der Waals surface area contributed by atoms with Crippen molar-refractivity contribution in [3.05, 3.63) is 60.4 Å². The molecule has 130 valence electrons. The summed E-state index contributed by atoms with van der Waals surface area (Å²) in [5.74, 6) is 0.940. The predicted molar refractivity (Wildman–Crippen MR) is 99.3 cm³/mol. The van der Waals surface area contributed by atoms with Gasteiger partial charge in [0.25, 0.3) is 5.91 Å². The van der Waals surface area contributed by atoms with Crippen LogP contribution in [0.25, 0.3) is 5.69 Å². The molecule has 1 amide bonds. The molecule has 0 aliphatic heterocycles. The smallest absolute Gasteiger partial charge is 0.251 e. The van der Waals surface area contributed by atoms with Crippen LogP contribution in [0.2, 0.25) is 0 Å². The Bertz CT molecular complexity index is 837. The molecule has 2 aromatic heterocycles. The zero-order chi connectivity index (χ0) is 17.6. The maximum Gasteiger partial charge on any atom is 0.251 e. The van der Waals surface area contributed by atoms with Gasteiger partial charge < -0.3 is 9.88 Å². The number of hydrogen-bond acceptors (Lipinski definition) is 4. The fourth-order valence-electron chi connectivity index (χ4n) is 2.60. The number of rotatable bonds is 7. The molecule has 25 heavy (non-hydrogen) atoms. The Morgan fingerprint density at radius 2 is 1.92 bits per heavy atom. The Morgan fingerprint density at radius 3 is 2.60 bits per heavy atom. The van der Waals surface area contributed by atoms with Crippen LogP contribution in [0.1, 0.15) is 22.6 Å². The van der Waals surface area contributed by atoms with Crippen LogP contribution in [0.5, 0.6) is 0 Å². The van der Waals surface area contributed by atoms with Crippen molar-refractivity contribution in [1.82, 2.24) is 24.4 Å². The summed E-state index contributed by atoms with van der Waals surface area (Å²) in [5, 5.41) is 3.88. The molecule has 0 bridgehead atoms. The predicted octanol–water partition coefficient (Wildman–Crippen LogP) is 2.92. The minimum absolute atomic E-state index is 0.0513. The number of aromatic nitrogens is 4. The number of amides is 1. The molecule has 1 N–H and O–H groups in total. The Labute approximate surface area is 151 Å². The number of carbonyl (C=O) groups is 1. The van der Waals surface area contributed by atoms with E-state index in [1.165, 1.54) is 0 Å². The molecule has 6 nitrogen and oxygen atoms in total. The lowest BCUT2D eigenvalue weighted by Gasteiger charge is -2.09.